The van der Waals surface area contributed by atoms with Gasteiger partial charge in [0.25, 0.3) is 0 Å². The summed E-state index contributed by atoms with van der Waals surface area (Å²) in [6.45, 7) is 1.96. The molecule has 1 saturated heterocycles. The van der Waals surface area contributed by atoms with Crippen molar-refractivity contribution in [2.45, 2.75) is 25.9 Å². The van der Waals surface area contributed by atoms with Gasteiger partial charge in [-0.1, -0.05) is 45.8 Å². The predicted molar refractivity (Wildman–Crippen MR) is 104 cm³/mol. The Balaban J connectivity index is 1.73. The molecule has 0 aromatic heterocycles. The lowest BCUT2D eigenvalue weighted by Gasteiger charge is -2.15. The molecular formula is C21H21BrO4. The van der Waals surface area contributed by atoms with Crippen molar-refractivity contribution in [3.8, 4) is 5.75 Å². The number of carboxylic acid groups (broad SMARTS) is 1. The van der Waals surface area contributed by atoms with Crippen LogP contribution in [0.4, 0.5) is 0 Å². The first-order chi connectivity index (χ1) is 12.6. The van der Waals surface area contributed by atoms with Crippen molar-refractivity contribution < 1.29 is 19.4 Å². The third-order valence-corrected chi connectivity index (χ3v) is 4.65. The van der Waals surface area contributed by atoms with Crippen LogP contribution >= 0.6 is 15.9 Å². The van der Waals surface area contributed by atoms with Gasteiger partial charge < -0.3 is 14.6 Å². The monoisotopic (exact) mass is 416 g/mol. The van der Waals surface area contributed by atoms with Crippen molar-refractivity contribution in [1.29, 1.82) is 0 Å². The largest absolute Gasteiger partial charge is 0.489 e. The highest BCUT2D eigenvalue weighted by Crippen LogP contribution is 2.24. The lowest BCUT2D eigenvalue weighted by molar-refractivity contribution is -0.136. The summed E-state index contributed by atoms with van der Waals surface area (Å²) in [7, 11) is 0. The fourth-order valence-electron chi connectivity index (χ4n) is 2.97. The molecule has 1 fully saturated rings. The van der Waals surface area contributed by atoms with Crippen molar-refractivity contribution in [1.82, 2.24) is 0 Å². The Bertz CT molecular complexity index is 805. The van der Waals surface area contributed by atoms with Gasteiger partial charge in [-0.2, -0.15) is 0 Å². The number of para-hydroxylation sites is 1. The minimum Gasteiger partial charge on any atom is -0.489 e. The van der Waals surface area contributed by atoms with Gasteiger partial charge in [0.1, 0.15) is 12.4 Å². The number of aliphatic carboxylic acids is 1. The highest BCUT2D eigenvalue weighted by molar-refractivity contribution is 9.10. The van der Waals surface area contributed by atoms with Gasteiger partial charge in [-0.25, -0.2) is 0 Å². The Morgan fingerprint density at radius 1 is 1.19 bits per heavy atom. The smallest absolute Gasteiger partial charge is 0.307 e. The van der Waals surface area contributed by atoms with Crippen molar-refractivity contribution in [3.05, 3.63) is 69.2 Å². The molecule has 1 aliphatic heterocycles. The van der Waals surface area contributed by atoms with E-state index in [1.807, 2.05) is 18.2 Å². The Morgan fingerprint density at radius 2 is 1.96 bits per heavy atom. The van der Waals surface area contributed by atoms with Crippen LogP contribution < -0.4 is 4.74 Å². The van der Waals surface area contributed by atoms with E-state index in [1.54, 1.807) is 12.1 Å². The van der Waals surface area contributed by atoms with Gasteiger partial charge in [-0.15, -0.1) is 0 Å². The van der Waals surface area contributed by atoms with E-state index in [2.05, 4.69) is 34.1 Å². The molecule has 5 heteroatoms. The lowest BCUT2D eigenvalue weighted by atomic mass is 10.0. The van der Waals surface area contributed by atoms with Crippen molar-refractivity contribution in [3.63, 3.8) is 0 Å². The summed E-state index contributed by atoms with van der Waals surface area (Å²) in [6.07, 6.45) is 4.12. The van der Waals surface area contributed by atoms with Crippen LogP contribution in [0.5, 0.6) is 5.75 Å². The van der Waals surface area contributed by atoms with E-state index in [-0.39, 0.29) is 6.42 Å². The van der Waals surface area contributed by atoms with Gasteiger partial charge in [0.05, 0.1) is 19.6 Å². The van der Waals surface area contributed by atoms with Crippen LogP contribution in [0.2, 0.25) is 0 Å². The molecule has 1 N–H and O–H groups in total. The molecule has 0 radical (unpaired) electrons. The van der Waals surface area contributed by atoms with Gasteiger partial charge in [0, 0.05) is 10.0 Å². The average Bonchev–Trinajstić information content (AvgIpc) is 2.61. The molecule has 0 bridgehead atoms. The second-order valence-electron chi connectivity index (χ2n) is 6.27. The number of benzene rings is 2. The molecule has 26 heavy (non-hydrogen) atoms. The van der Waals surface area contributed by atoms with Crippen LogP contribution in [0.25, 0.3) is 6.08 Å². The van der Waals surface area contributed by atoms with Crippen molar-refractivity contribution >= 4 is 28.0 Å². The van der Waals surface area contributed by atoms with E-state index in [1.165, 1.54) is 5.57 Å². The molecule has 136 valence electrons. The molecule has 0 amide bonds. The summed E-state index contributed by atoms with van der Waals surface area (Å²) >= 11 is 3.56. The fourth-order valence-corrected chi connectivity index (χ4v) is 3.53. The number of halogens is 1. The summed E-state index contributed by atoms with van der Waals surface area (Å²) < 4.78 is 12.3. The Hall–Kier alpha value is -2.11. The zero-order valence-corrected chi connectivity index (χ0v) is 16.0. The second-order valence-corrected chi connectivity index (χ2v) is 7.19. The van der Waals surface area contributed by atoms with Crippen molar-refractivity contribution in [2.24, 2.45) is 0 Å². The molecule has 2 aromatic carbocycles. The van der Waals surface area contributed by atoms with E-state index in [0.717, 1.165) is 41.7 Å². The summed E-state index contributed by atoms with van der Waals surface area (Å²) in [6, 6.07) is 13.5. The molecule has 0 atom stereocenters. The first-order valence-corrected chi connectivity index (χ1v) is 9.38. The Labute approximate surface area is 161 Å². The van der Waals surface area contributed by atoms with E-state index in [0.29, 0.717) is 17.9 Å². The standard InChI is InChI=1S/C21H21BrO4/c22-19-11-16(9-15-5-7-25-8-6-15)10-17(12-19)14-26-20-4-2-1-3-18(20)13-21(23)24/h1-4,9-12H,5-8,13-14H2,(H,23,24). The van der Waals surface area contributed by atoms with Gasteiger partial charge in [0.2, 0.25) is 0 Å². The minimum absolute atomic E-state index is 0.0475. The topological polar surface area (TPSA) is 55.8 Å². The summed E-state index contributed by atoms with van der Waals surface area (Å²) in [5.41, 5.74) is 4.24. The Kier molecular flexibility index (Phi) is 6.47. The third kappa shape index (κ3) is 5.44. The molecule has 3 rings (SSSR count). The van der Waals surface area contributed by atoms with E-state index in [4.69, 9.17) is 14.6 Å². The number of carbonyl (C=O) groups is 1. The van der Waals surface area contributed by atoms with Crippen LogP contribution in [0.15, 0.2) is 52.5 Å². The van der Waals surface area contributed by atoms with E-state index in [9.17, 15) is 4.79 Å². The zero-order chi connectivity index (χ0) is 18.4. The molecule has 0 aliphatic carbocycles. The molecule has 1 aliphatic rings. The van der Waals surface area contributed by atoms with E-state index < -0.39 is 5.97 Å². The van der Waals surface area contributed by atoms with Gasteiger partial charge in [-0.3, -0.25) is 4.79 Å². The summed E-state index contributed by atoms with van der Waals surface area (Å²) in [5, 5.41) is 9.03. The maximum absolute atomic E-state index is 11.0. The van der Waals surface area contributed by atoms with Crippen LogP contribution in [0, 0.1) is 0 Å². The molecule has 2 aromatic rings. The summed E-state index contributed by atoms with van der Waals surface area (Å²) in [4.78, 5) is 11.0. The quantitative estimate of drug-likeness (QED) is 0.730. The lowest BCUT2D eigenvalue weighted by Crippen LogP contribution is -2.07. The summed E-state index contributed by atoms with van der Waals surface area (Å²) in [5.74, 6) is -0.256. The van der Waals surface area contributed by atoms with Crippen LogP contribution in [-0.2, 0) is 22.6 Å². The predicted octanol–water partition coefficient (Wildman–Crippen LogP) is 4.85. The highest BCUT2D eigenvalue weighted by atomic mass is 79.9. The number of ether oxygens (including phenoxy) is 2. The zero-order valence-electron chi connectivity index (χ0n) is 14.4. The second kappa shape index (κ2) is 9.01. The molecular weight excluding hydrogens is 396 g/mol. The van der Waals surface area contributed by atoms with Gasteiger partial charge in [-0.05, 0) is 48.2 Å². The van der Waals surface area contributed by atoms with E-state index >= 15 is 0 Å². The van der Waals surface area contributed by atoms with Crippen LogP contribution in [0.1, 0.15) is 29.5 Å². The molecule has 1 heterocycles. The Morgan fingerprint density at radius 3 is 2.73 bits per heavy atom. The van der Waals surface area contributed by atoms with Crippen molar-refractivity contribution in [2.75, 3.05) is 13.2 Å². The van der Waals surface area contributed by atoms with Gasteiger partial charge >= 0.3 is 5.97 Å². The van der Waals surface area contributed by atoms with Gasteiger partial charge in [0.15, 0.2) is 0 Å². The highest BCUT2D eigenvalue weighted by Gasteiger charge is 2.09. The molecule has 0 saturated carbocycles. The van der Waals surface area contributed by atoms with Crippen LogP contribution in [0.3, 0.4) is 0 Å². The molecule has 4 nitrogen and oxygen atoms in total. The SMILES string of the molecule is O=C(O)Cc1ccccc1OCc1cc(Br)cc(C=C2CCOCC2)c1. The first kappa shape index (κ1) is 18.7. The number of hydrogen-bond donors (Lipinski definition) is 1. The normalized spacial score (nSPS) is 14.1. The maximum atomic E-state index is 11.0. The van der Waals surface area contributed by atoms with Crippen LogP contribution in [-0.4, -0.2) is 24.3 Å². The maximum Gasteiger partial charge on any atom is 0.307 e. The fraction of sp³-hybridized carbons (Fsp3) is 0.286. The average molecular weight is 417 g/mol. The molecule has 0 spiro atoms. The number of hydrogen-bond acceptors (Lipinski definition) is 3. The number of carboxylic acids is 1. The minimum atomic E-state index is -0.867. The molecule has 0 unspecified atom stereocenters. The first-order valence-electron chi connectivity index (χ1n) is 8.59. The number of rotatable bonds is 6. The third-order valence-electron chi connectivity index (χ3n) is 4.19.